The molecule has 0 aromatic heterocycles. The standard InChI is InChI=1S/C17H20O2PS/c1-3-21(18,19)15-14-20(2,16-10-6-4-7-11-16)17-12-8-5-9-13-17/h3-13H,1,14-15H2,2H3/q+1. The molecule has 0 amide bonds. The van der Waals surface area contributed by atoms with E-state index in [2.05, 4.69) is 37.5 Å². The molecule has 110 valence electrons. The van der Waals surface area contributed by atoms with E-state index in [0.717, 1.165) is 5.41 Å². The molecule has 0 unspecified atom stereocenters. The number of sulfone groups is 1. The fourth-order valence-corrected chi connectivity index (χ4v) is 7.43. The molecule has 0 heterocycles. The van der Waals surface area contributed by atoms with Gasteiger partial charge >= 0.3 is 0 Å². The summed E-state index contributed by atoms with van der Waals surface area (Å²) in [6, 6.07) is 20.4. The summed E-state index contributed by atoms with van der Waals surface area (Å²) in [4.78, 5) is 0. The molecular weight excluding hydrogens is 299 g/mol. The molecule has 0 saturated heterocycles. The lowest BCUT2D eigenvalue weighted by Gasteiger charge is -2.22. The smallest absolute Gasteiger partial charge is 0.174 e. The zero-order chi connectivity index (χ0) is 15.3. The molecular formula is C17H20O2PS+. The van der Waals surface area contributed by atoms with Crippen LogP contribution in [0.3, 0.4) is 0 Å². The first-order valence-electron chi connectivity index (χ1n) is 6.80. The first-order chi connectivity index (χ1) is 9.98. The highest BCUT2D eigenvalue weighted by Gasteiger charge is 2.37. The van der Waals surface area contributed by atoms with Gasteiger partial charge in [-0.2, -0.15) is 0 Å². The molecule has 0 atom stereocenters. The van der Waals surface area contributed by atoms with E-state index in [1.807, 2.05) is 36.4 Å². The Hall–Kier alpha value is -1.44. The van der Waals surface area contributed by atoms with E-state index in [-0.39, 0.29) is 5.75 Å². The lowest BCUT2D eigenvalue weighted by atomic mass is 10.4. The van der Waals surface area contributed by atoms with Crippen molar-refractivity contribution in [3.63, 3.8) is 0 Å². The molecule has 0 aliphatic heterocycles. The lowest BCUT2D eigenvalue weighted by molar-refractivity contribution is 0.606. The zero-order valence-electron chi connectivity index (χ0n) is 12.1. The second kappa shape index (κ2) is 6.55. The third-order valence-electron chi connectivity index (χ3n) is 3.73. The Morgan fingerprint density at radius 1 is 0.952 bits per heavy atom. The predicted octanol–water partition coefficient (Wildman–Crippen LogP) is 2.84. The molecule has 2 nitrogen and oxygen atoms in total. The van der Waals surface area contributed by atoms with Crippen molar-refractivity contribution >= 4 is 27.7 Å². The second-order valence-corrected chi connectivity index (χ2v) is 11.1. The highest BCUT2D eigenvalue weighted by Crippen LogP contribution is 2.52. The van der Waals surface area contributed by atoms with Crippen molar-refractivity contribution in [3.8, 4) is 0 Å². The van der Waals surface area contributed by atoms with E-state index in [4.69, 9.17) is 0 Å². The summed E-state index contributed by atoms with van der Waals surface area (Å²) in [6.45, 7) is 5.61. The van der Waals surface area contributed by atoms with Crippen LogP contribution in [0.25, 0.3) is 0 Å². The highest BCUT2D eigenvalue weighted by molar-refractivity contribution is 7.96. The maximum atomic E-state index is 11.8. The van der Waals surface area contributed by atoms with Crippen LogP contribution >= 0.6 is 7.26 Å². The van der Waals surface area contributed by atoms with Crippen LogP contribution in [0, 0.1) is 0 Å². The Bertz CT molecular complexity index is 655. The summed E-state index contributed by atoms with van der Waals surface area (Å²) in [5.41, 5.74) is 0. The third-order valence-corrected chi connectivity index (χ3v) is 9.31. The van der Waals surface area contributed by atoms with Gasteiger partial charge in [0.05, 0.1) is 36.5 Å². The van der Waals surface area contributed by atoms with Crippen molar-refractivity contribution in [2.24, 2.45) is 0 Å². The first-order valence-corrected chi connectivity index (χ1v) is 10.9. The topological polar surface area (TPSA) is 34.1 Å². The maximum Gasteiger partial charge on any atom is 0.174 e. The Balaban J connectivity index is 2.43. The molecule has 0 N–H and O–H groups in total. The van der Waals surface area contributed by atoms with Gasteiger partial charge in [-0.05, 0) is 24.3 Å². The van der Waals surface area contributed by atoms with Crippen molar-refractivity contribution in [1.82, 2.24) is 0 Å². The summed E-state index contributed by atoms with van der Waals surface area (Å²) in [6.07, 6.45) is 0.634. The van der Waals surface area contributed by atoms with Crippen LogP contribution < -0.4 is 10.6 Å². The van der Waals surface area contributed by atoms with Gasteiger partial charge in [-0.25, -0.2) is 8.42 Å². The largest absolute Gasteiger partial charge is 0.224 e. The quantitative estimate of drug-likeness (QED) is 0.767. The van der Waals surface area contributed by atoms with Crippen molar-refractivity contribution in [2.75, 3.05) is 18.6 Å². The van der Waals surface area contributed by atoms with Gasteiger partial charge in [0, 0.05) is 5.41 Å². The molecule has 4 heteroatoms. The molecule has 2 aromatic carbocycles. The van der Waals surface area contributed by atoms with E-state index >= 15 is 0 Å². The average Bonchev–Trinajstić information content (AvgIpc) is 2.54. The van der Waals surface area contributed by atoms with Gasteiger partial charge in [-0.3, -0.25) is 0 Å². The minimum atomic E-state index is -3.18. The third kappa shape index (κ3) is 3.81. The first kappa shape index (κ1) is 15.9. The lowest BCUT2D eigenvalue weighted by Crippen LogP contribution is -2.26. The van der Waals surface area contributed by atoms with Crippen LogP contribution in [0.2, 0.25) is 0 Å². The molecule has 21 heavy (non-hydrogen) atoms. The zero-order valence-corrected chi connectivity index (χ0v) is 13.9. The normalized spacial score (nSPS) is 12.0. The van der Waals surface area contributed by atoms with Crippen LogP contribution in [0.15, 0.2) is 72.7 Å². The highest BCUT2D eigenvalue weighted by atomic mass is 32.2. The van der Waals surface area contributed by atoms with E-state index in [1.165, 1.54) is 10.6 Å². The molecule has 0 fully saturated rings. The van der Waals surface area contributed by atoms with Crippen LogP contribution in [0.5, 0.6) is 0 Å². The van der Waals surface area contributed by atoms with Gasteiger partial charge in [0.25, 0.3) is 0 Å². The Morgan fingerprint density at radius 3 is 1.76 bits per heavy atom. The fraction of sp³-hybridized carbons (Fsp3) is 0.176. The molecule has 2 rings (SSSR count). The molecule has 0 radical (unpaired) electrons. The van der Waals surface area contributed by atoms with Crippen LogP contribution in [0.1, 0.15) is 0 Å². The number of hydrogen-bond donors (Lipinski definition) is 0. The van der Waals surface area contributed by atoms with Gasteiger partial charge in [-0.15, -0.1) is 0 Å². The number of hydrogen-bond acceptors (Lipinski definition) is 2. The molecule has 0 aliphatic rings. The summed E-state index contributed by atoms with van der Waals surface area (Å²) in [7, 11) is -4.89. The number of benzene rings is 2. The SMILES string of the molecule is C=CS(=O)(=O)CC[P+](C)(c1ccccc1)c1ccccc1. The van der Waals surface area contributed by atoms with Crippen LogP contribution in [-0.2, 0) is 9.84 Å². The molecule has 2 aromatic rings. The van der Waals surface area contributed by atoms with Crippen molar-refractivity contribution in [2.45, 2.75) is 0 Å². The Morgan fingerprint density at radius 2 is 1.38 bits per heavy atom. The van der Waals surface area contributed by atoms with Crippen LogP contribution in [-0.4, -0.2) is 27.0 Å². The van der Waals surface area contributed by atoms with E-state index in [9.17, 15) is 8.42 Å². The monoisotopic (exact) mass is 319 g/mol. The van der Waals surface area contributed by atoms with E-state index in [0.29, 0.717) is 6.16 Å². The molecule has 0 bridgehead atoms. The maximum absolute atomic E-state index is 11.8. The summed E-state index contributed by atoms with van der Waals surface area (Å²) >= 11 is 0. The second-order valence-electron chi connectivity index (χ2n) is 5.12. The Kier molecular flexibility index (Phi) is 4.97. The fourth-order valence-electron chi connectivity index (χ4n) is 2.31. The average molecular weight is 319 g/mol. The Labute approximate surface area is 127 Å². The van der Waals surface area contributed by atoms with Gasteiger partial charge in [0.2, 0.25) is 0 Å². The van der Waals surface area contributed by atoms with Crippen LogP contribution in [0.4, 0.5) is 0 Å². The van der Waals surface area contributed by atoms with Crippen molar-refractivity contribution in [1.29, 1.82) is 0 Å². The summed E-state index contributed by atoms with van der Waals surface area (Å²) in [5, 5.41) is 3.53. The minimum absolute atomic E-state index is 0.143. The van der Waals surface area contributed by atoms with Gasteiger partial charge in [0.1, 0.15) is 0 Å². The molecule has 0 spiro atoms. The van der Waals surface area contributed by atoms with Crippen molar-refractivity contribution in [3.05, 3.63) is 72.7 Å². The minimum Gasteiger partial charge on any atom is -0.224 e. The van der Waals surface area contributed by atoms with E-state index < -0.39 is 17.1 Å². The molecule has 0 saturated carbocycles. The predicted molar refractivity (Wildman–Crippen MR) is 93.8 cm³/mol. The van der Waals surface area contributed by atoms with Crippen molar-refractivity contribution < 1.29 is 8.42 Å². The van der Waals surface area contributed by atoms with Gasteiger partial charge < -0.3 is 0 Å². The van der Waals surface area contributed by atoms with Gasteiger partial charge in [-0.1, -0.05) is 43.0 Å². The number of rotatable bonds is 6. The molecule has 0 aliphatic carbocycles. The summed E-state index contributed by atoms with van der Waals surface area (Å²) in [5.74, 6) is 0.143. The summed E-state index contributed by atoms with van der Waals surface area (Å²) < 4.78 is 23.6. The van der Waals surface area contributed by atoms with E-state index in [1.54, 1.807) is 0 Å². The van der Waals surface area contributed by atoms with Gasteiger partial charge in [0.15, 0.2) is 9.84 Å².